The topological polar surface area (TPSA) is 84.7 Å². The molecule has 23 heavy (non-hydrogen) atoms. The second-order valence-corrected chi connectivity index (χ2v) is 5.74. The van der Waals surface area contributed by atoms with Crippen molar-refractivity contribution in [1.29, 1.82) is 0 Å². The summed E-state index contributed by atoms with van der Waals surface area (Å²) < 4.78 is 5.09. The minimum absolute atomic E-state index is 0.0856. The number of anilines is 1. The normalized spacial score (nSPS) is 16.3. The number of nitrogens with two attached hydrogens (primary N) is 1. The van der Waals surface area contributed by atoms with E-state index in [1.165, 1.54) is 0 Å². The molecule has 0 spiro atoms. The maximum absolute atomic E-state index is 11.9. The van der Waals surface area contributed by atoms with Gasteiger partial charge in [0.1, 0.15) is 0 Å². The number of nitrogens with zero attached hydrogens (tertiary/aromatic N) is 1. The van der Waals surface area contributed by atoms with Gasteiger partial charge in [-0.15, -0.1) is 0 Å². The molecule has 1 aromatic carbocycles. The smallest absolute Gasteiger partial charge is 0.226 e. The highest BCUT2D eigenvalue weighted by Gasteiger charge is 2.19. The van der Waals surface area contributed by atoms with E-state index in [1.807, 2.05) is 29.2 Å². The number of hydrogen-bond acceptors (Lipinski definition) is 4. The van der Waals surface area contributed by atoms with Gasteiger partial charge in [-0.05, 0) is 30.5 Å². The van der Waals surface area contributed by atoms with E-state index in [2.05, 4.69) is 5.32 Å². The molecule has 3 N–H and O–H groups in total. The maximum atomic E-state index is 11.9. The van der Waals surface area contributed by atoms with Gasteiger partial charge in [-0.25, -0.2) is 0 Å². The van der Waals surface area contributed by atoms with E-state index < -0.39 is 0 Å². The summed E-state index contributed by atoms with van der Waals surface area (Å²) in [7, 11) is 1.55. The van der Waals surface area contributed by atoms with Crippen LogP contribution in [0.15, 0.2) is 24.3 Å². The molecule has 0 radical (unpaired) electrons. The minimum Gasteiger partial charge on any atom is -0.380 e. The van der Waals surface area contributed by atoms with E-state index in [9.17, 15) is 9.59 Å². The van der Waals surface area contributed by atoms with Gasteiger partial charge >= 0.3 is 0 Å². The Morgan fingerprint density at radius 2 is 2.09 bits per heavy atom. The Morgan fingerprint density at radius 1 is 1.35 bits per heavy atom. The Labute approximate surface area is 137 Å². The quantitative estimate of drug-likeness (QED) is 0.790. The van der Waals surface area contributed by atoms with Crippen molar-refractivity contribution in [3.63, 3.8) is 0 Å². The number of ether oxygens (including phenoxy) is 1. The summed E-state index contributed by atoms with van der Waals surface area (Å²) in [4.78, 5) is 25.5. The van der Waals surface area contributed by atoms with Crippen LogP contribution in [0, 0.1) is 0 Å². The molecule has 1 saturated heterocycles. The van der Waals surface area contributed by atoms with Crippen molar-refractivity contribution in [3.8, 4) is 0 Å². The van der Waals surface area contributed by atoms with Gasteiger partial charge in [0, 0.05) is 38.9 Å². The largest absolute Gasteiger partial charge is 0.380 e. The van der Waals surface area contributed by atoms with Crippen LogP contribution in [0.4, 0.5) is 5.69 Å². The van der Waals surface area contributed by atoms with Crippen LogP contribution in [0.3, 0.4) is 0 Å². The second-order valence-electron chi connectivity index (χ2n) is 5.74. The van der Waals surface area contributed by atoms with Crippen LogP contribution in [0.1, 0.15) is 31.2 Å². The molecule has 1 aliphatic heterocycles. The lowest BCUT2D eigenvalue weighted by Gasteiger charge is -2.26. The highest BCUT2D eigenvalue weighted by atomic mass is 16.5. The summed E-state index contributed by atoms with van der Waals surface area (Å²) in [5, 5.41) is 2.85. The molecule has 1 atom stereocenters. The van der Waals surface area contributed by atoms with E-state index in [1.54, 1.807) is 7.11 Å². The lowest BCUT2D eigenvalue weighted by Crippen LogP contribution is -2.35. The van der Waals surface area contributed by atoms with Crippen molar-refractivity contribution in [2.24, 2.45) is 5.73 Å². The molecule has 126 valence electrons. The van der Waals surface area contributed by atoms with Crippen LogP contribution < -0.4 is 16.0 Å². The summed E-state index contributed by atoms with van der Waals surface area (Å²) in [6.07, 6.45) is 2.66. The van der Waals surface area contributed by atoms with Gasteiger partial charge in [0.15, 0.2) is 0 Å². The van der Waals surface area contributed by atoms with Crippen LogP contribution in [0.2, 0.25) is 0 Å². The number of methoxy groups -OCH3 is 1. The van der Waals surface area contributed by atoms with E-state index in [4.69, 9.17) is 10.5 Å². The van der Waals surface area contributed by atoms with Crippen molar-refractivity contribution in [2.45, 2.75) is 38.3 Å². The van der Waals surface area contributed by atoms with Crippen LogP contribution in [0.25, 0.3) is 0 Å². The number of piperidine rings is 1. The number of rotatable bonds is 7. The Kier molecular flexibility index (Phi) is 6.55. The van der Waals surface area contributed by atoms with Gasteiger partial charge in [0.2, 0.25) is 11.8 Å². The third-order valence-corrected chi connectivity index (χ3v) is 4.07. The first-order valence-electron chi connectivity index (χ1n) is 8.03. The molecule has 2 amide bonds. The fraction of sp³-hybridized carbons (Fsp3) is 0.529. The van der Waals surface area contributed by atoms with E-state index in [0.29, 0.717) is 19.5 Å². The van der Waals surface area contributed by atoms with Crippen LogP contribution in [-0.2, 0) is 20.9 Å². The molecule has 1 unspecified atom stereocenters. The molecular weight excluding hydrogens is 294 g/mol. The number of carbonyl (C=O) groups is 2. The molecule has 1 heterocycles. The average molecular weight is 319 g/mol. The van der Waals surface area contributed by atoms with Gasteiger partial charge in [0.05, 0.1) is 12.5 Å². The standard InChI is InChI=1S/C17H25N3O3/c1-23-15(11-18)10-16(21)19-12-13-5-7-14(8-6-13)20-9-3-2-4-17(20)22/h5-8,15H,2-4,9-12,18H2,1H3,(H,19,21). The summed E-state index contributed by atoms with van der Waals surface area (Å²) in [5.41, 5.74) is 7.42. The third kappa shape index (κ3) is 5.04. The second kappa shape index (κ2) is 8.64. The Morgan fingerprint density at radius 3 is 2.70 bits per heavy atom. The minimum atomic E-state index is -0.248. The number of hydrogen-bond donors (Lipinski definition) is 2. The van der Waals surface area contributed by atoms with Crippen molar-refractivity contribution < 1.29 is 14.3 Å². The molecule has 0 aliphatic carbocycles. The van der Waals surface area contributed by atoms with Crippen LogP contribution >= 0.6 is 0 Å². The van der Waals surface area contributed by atoms with Crippen LogP contribution in [0.5, 0.6) is 0 Å². The first-order valence-corrected chi connectivity index (χ1v) is 8.03. The molecule has 0 saturated carbocycles. The van der Waals surface area contributed by atoms with Crippen molar-refractivity contribution in [1.82, 2.24) is 5.32 Å². The predicted molar refractivity (Wildman–Crippen MR) is 89.0 cm³/mol. The number of carbonyl (C=O) groups excluding carboxylic acids is 2. The monoisotopic (exact) mass is 319 g/mol. The van der Waals surface area contributed by atoms with Gasteiger partial charge < -0.3 is 20.7 Å². The fourth-order valence-electron chi connectivity index (χ4n) is 2.62. The molecule has 1 aromatic rings. The van der Waals surface area contributed by atoms with Gasteiger partial charge in [-0.2, -0.15) is 0 Å². The van der Waals surface area contributed by atoms with E-state index >= 15 is 0 Å². The third-order valence-electron chi connectivity index (χ3n) is 4.07. The van der Waals surface area contributed by atoms with Gasteiger partial charge in [-0.1, -0.05) is 12.1 Å². The lowest BCUT2D eigenvalue weighted by molar-refractivity contribution is -0.123. The summed E-state index contributed by atoms with van der Waals surface area (Å²) in [6.45, 7) is 1.56. The lowest BCUT2D eigenvalue weighted by atomic mass is 10.1. The fourth-order valence-corrected chi connectivity index (χ4v) is 2.62. The summed E-state index contributed by atoms with van der Waals surface area (Å²) in [5.74, 6) is 0.0993. The molecule has 2 rings (SSSR count). The summed E-state index contributed by atoms with van der Waals surface area (Å²) >= 11 is 0. The number of benzene rings is 1. The molecule has 0 bridgehead atoms. The zero-order valence-electron chi connectivity index (χ0n) is 13.6. The predicted octanol–water partition coefficient (Wildman–Crippen LogP) is 1.18. The van der Waals surface area contributed by atoms with Gasteiger partial charge in [0.25, 0.3) is 0 Å². The Hall–Kier alpha value is -1.92. The summed E-state index contributed by atoms with van der Waals surface area (Å²) in [6, 6.07) is 7.74. The molecule has 1 aliphatic rings. The molecular formula is C17H25N3O3. The van der Waals surface area contributed by atoms with Crippen LogP contribution in [-0.4, -0.2) is 38.1 Å². The zero-order chi connectivity index (χ0) is 16.7. The SMILES string of the molecule is COC(CN)CC(=O)NCc1ccc(N2CCCCC2=O)cc1. The maximum Gasteiger partial charge on any atom is 0.226 e. The molecule has 6 nitrogen and oxygen atoms in total. The highest BCUT2D eigenvalue weighted by molar-refractivity contribution is 5.93. The van der Waals surface area contributed by atoms with E-state index in [-0.39, 0.29) is 24.3 Å². The molecule has 6 heteroatoms. The van der Waals surface area contributed by atoms with Crippen molar-refractivity contribution in [2.75, 3.05) is 25.1 Å². The number of nitrogens with one attached hydrogen (secondary N) is 1. The Bertz CT molecular complexity index is 526. The van der Waals surface area contributed by atoms with Crippen molar-refractivity contribution >= 4 is 17.5 Å². The molecule has 1 fully saturated rings. The average Bonchev–Trinajstić information content (AvgIpc) is 2.59. The van der Waals surface area contributed by atoms with E-state index in [0.717, 1.165) is 30.6 Å². The van der Waals surface area contributed by atoms with Crippen molar-refractivity contribution in [3.05, 3.63) is 29.8 Å². The number of amides is 2. The Balaban J connectivity index is 1.85. The zero-order valence-corrected chi connectivity index (χ0v) is 13.6. The first-order chi connectivity index (χ1) is 11.1. The van der Waals surface area contributed by atoms with Gasteiger partial charge in [-0.3, -0.25) is 9.59 Å². The molecule has 0 aromatic heterocycles. The first kappa shape index (κ1) is 17.4. The highest BCUT2D eigenvalue weighted by Crippen LogP contribution is 2.21.